The van der Waals surface area contributed by atoms with Crippen LogP contribution in [0.15, 0.2) is 48.7 Å². The Hall–Kier alpha value is -2.95. The molecule has 2 aliphatic rings. The van der Waals surface area contributed by atoms with Crippen LogP contribution in [-0.2, 0) is 7.05 Å². The van der Waals surface area contributed by atoms with Gasteiger partial charge in [0, 0.05) is 30.7 Å². The summed E-state index contributed by atoms with van der Waals surface area (Å²) in [6, 6.07) is 14.2. The van der Waals surface area contributed by atoms with Crippen molar-refractivity contribution in [1.82, 2.24) is 9.47 Å². The highest BCUT2D eigenvalue weighted by atomic mass is 16.6. The molecule has 5 nitrogen and oxygen atoms in total. The zero-order chi connectivity index (χ0) is 18.4. The van der Waals surface area contributed by atoms with Gasteiger partial charge in [-0.15, -0.1) is 0 Å². The molecule has 138 valence electrons. The lowest BCUT2D eigenvalue weighted by Gasteiger charge is -2.26. The minimum Gasteiger partial charge on any atom is -0.486 e. The Kier molecular flexibility index (Phi) is 3.81. The molecular formula is C22H22N2O3. The monoisotopic (exact) mass is 362 g/mol. The van der Waals surface area contributed by atoms with Gasteiger partial charge in [0.25, 0.3) is 5.91 Å². The zero-order valence-corrected chi connectivity index (χ0v) is 15.4. The summed E-state index contributed by atoms with van der Waals surface area (Å²) >= 11 is 0. The predicted molar refractivity (Wildman–Crippen MR) is 103 cm³/mol. The number of amides is 1. The van der Waals surface area contributed by atoms with Crippen LogP contribution in [0.5, 0.6) is 11.5 Å². The van der Waals surface area contributed by atoms with Crippen LogP contribution in [-0.4, -0.2) is 35.1 Å². The van der Waals surface area contributed by atoms with Crippen LogP contribution < -0.4 is 9.47 Å². The fraction of sp³-hybridized carbons (Fsp3) is 0.318. The molecule has 0 radical (unpaired) electrons. The number of carbonyl (C=O) groups excluding carboxylic acids is 1. The Morgan fingerprint density at radius 1 is 1.07 bits per heavy atom. The van der Waals surface area contributed by atoms with E-state index < -0.39 is 0 Å². The molecule has 1 saturated heterocycles. The zero-order valence-electron chi connectivity index (χ0n) is 15.4. The van der Waals surface area contributed by atoms with Gasteiger partial charge in [0.15, 0.2) is 11.5 Å². The number of para-hydroxylation sites is 1. The van der Waals surface area contributed by atoms with Crippen molar-refractivity contribution in [3.8, 4) is 11.5 Å². The number of hydrogen-bond donors (Lipinski definition) is 0. The predicted octanol–water partition coefficient (Wildman–Crippen LogP) is 3.93. The molecule has 2 aromatic carbocycles. The number of fused-ring (bicyclic) bond motifs is 2. The maximum absolute atomic E-state index is 13.4. The normalized spacial score (nSPS) is 18.9. The second-order valence-corrected chi connectivity index (χ2v) is 7.23. The van der Waals surface area contributed by atoms with E-state index in [1.54, 1.807) is 0 Å². The Balaban J connectivity index is 1.50. The highest BCUT2D eigenvalue weighted by molar-refractivity contribution is 6.07. The van der Waals surface area contributed by atoms with E-state index in [4.69, 9.17) is 9.47 Å². The van der Waals surface area contributed by atoms with Crippen molar-refractivity contribution in [2.75, 3.05) is 19.8 Å². The van der Waals surface area contributed by atoms with Crippen LogP contribution in [0.25, 0.3) is 10.9 Å². The van der Waals surface area contributed by atoms with Gasteiger partial charge in [0.05, 0.1) is 11.6 Å². The van der Waals surface area contributed by atoms with E-state index in [9.17, 15) is 4.79 Å². The molecule has 1 fully saturated rings. The maximum Gasteiger partial charge on any atom is 0.256 e. The fourth-order valence-corrected chi connectivity index (χ4v) is 4.29. The minimum absolute atomic E-state index is 0.0762. The lowest BCUT2D eigenvalue weighted by Crippen LogP contribution is -2.30. The Morgan fingerprint density at radius 3 is 2.78 bits per heavy atom. The molecule has 2 aliphatic heterocycles. The smallest absolute Gasteiger partial charge is 0.256 e. The molecule has 0 aliphatic carbocycles. The van der Waals surface area contributed by atoms with Gasteiger partial charge >= 0.3 is 0 Å². The van der Waals surface area contributed by atoms with Crippen LogP contribution in [0.3, 0.4) is 0 Å². The van der Waals surface area contributed by atoms with Crippen molar-refractivity contribution >= 4 is 16.8 Å². The second kappa shape index (κ2) is 6.34. The molecule has 5 rings (SSSR count). The number of aryl methyl sites for hydroxylation is 1. The van der Waals surface area contributed by atoms with Gasteiger partial charge in [-0.05, 0) is 36.6 Å². The molecule has 0 spiro atoms. The van der Waals surface area contributed by atoms with Crippen LogP contribution >= 0.6 is 0 Å². The van der Waals surface area contributed by atoms with Crippen molar-refractivity contribution < 1.29 is 14.3 Å². The molecular weight excluding hydrogens is 340 g/mol. The molecule has 5 heteroatoms. The molecule has 0 N–H and O–H groups in total. The quantitative estimate of drug-likeness (QED) is 0.694. The lowest BCUT2D eigenvalue weighted by molar-refractivity contribution is 0.0737. The van der Waals surface area contributed by atoms with Crippen molar-refractivity contribution in [2.45, 2.75) is 18.9 Å². The average molecular weight is 362 g/mol. The van der Waals surface area contributed by atoms with Crippen LogP contribution in [0.2, 0.25) is 0 Å². The van der Waals surface area contributed by atoms with E-state index in [2.05, 4.69) is 6.07 Å². The number of nitrogens with zero attached hydrogens (tertiary/aromatic N) is 2. The number of hydrogen-bond acceptors (Lipinski definition) is 3. The summed E-state index contributed by atoms with van der Waals surface area (Å²) in [6.45, 7) is 1.93. The van der Waals surface area contributed by atoms with Crippen molar-refractivity contribution in [1.29, 1.82) is 0 Å². The molecule has 0 saturated carbocycles. The largest absolute Gasteiger partial charge is 0.486 e. The fourth-order valence-electron chi connectivity index (χ4n) is 4.29. The van der Waals surface area contributed by atoms with Gasteiger partial charge in [-0.1, -0.05) is 24.3 Å². The summed E-state index contributed by atoms with van der Waals surface area (Å²) in [5.41, 5.74) is 2.97. The van der Waals surface area contributed by atoms with E-state index in [1.807, 2.05) is 59.1 Å². The first-order chi connectivity index (χ1) is 13.2. The van der Waals surface area contributed by atoms with Gasteiger partial charge < -0.3 is 18.9 Å². The third-order valence-corrected chi connectivity index (χ3v) is 5.59. The van der Waals surface area contributed by atoms with Crippen LogP contribution in [0.1, 0.15) is 34.8 Å². The number of rotatable bonds is 2. The van der Waals surface area contributed by atoms with Gasteiger partial charge in [0.2, 0.25) is 0 Å². The summed E-state index contributed by atoms with van der Waals surface area (Å²) < 4.78 is 13.4. The van der Waals surface area contributed by atoms with Gasteiger partial charge in [-0.25, -0.2) is 0 Å². The number of ether oxygens (including phenoxy) is 2. The summed E-state index contributed by atoms with van der Waals surface area (Å²) in [4.78, 5) is 15.4. The summed E-state index contributed by atoms with van der Waals surface area (Å²) in [5.74, 6) is 1.67. The van der Waals surface area contributed by atoms with Gasteiger partial charge in [-0.2, -0.15) is 0 Å². The number of carbonyl (C=O) groups is 1. The topological polar surface area (TPSA) is 43.7 Å². The third-order valence-electron chi connectivity index (χ3n) is 5.59. The average Bonchev–Trinajstić information content (AvgIpc) is 3.33. The standard InChI is InChI=1S/C22H22N2O3/c1-23-14-17(16-5-2-3-6-19(16)23)22(25)24-10-4-7-18(24)15-8-9-20-21(13-15)27-12-11-26-20/h2-3,5-6,8-9,13-14,18H,4,7,10-12H2,1H3/t18-/m1/s1. The summed E-state index contributed by atoms with van der Waals surface area (Å²) in [6.07, 6.45) is 3.93. The Labute approximate surface area is 158 Å². The van der Waals surface area contributed by atoms with E-state index in [-0.39, 0.29) is 11.9 Å². The number of likely N-dealkylation sites (tertiary alicyclic amines) is 1. The molecule has 0 bridgehead atoms. The first kappa shape index (κ1) is 16.2. The molecule has 1 amide bonds. The van der Waals surface area contributed by atoms with Gasteiger partial charge in [-0.3, -0.25) is 4.79 Å². The van der Waals surface area contributed by atoms with E-state index in [1.165, 1.54) is 0 Å². The highest BCUT2D eigenvalue weighted by Gasteiger charge is 2.32. The number of benzene rings is 2. The minimum atomic E-state index is 0.0762. The molecule has 1 atom stereocenters. The molecule has 27 heavy (non-hydrogen) atoms. The van der Waals surface area contributed by atoms with Crippen LogP contribution in [0, 0.1) is 0 Å². The van der Waals surface area contributed by atoms with Crippen LogP contribution in [0.4, 0.5) is 0 Å². The lowest BCUT2D eigenvalue weighted by atomic mass is 10.0. The molecule has 3 aromatic rings. The first-order valence-corrected chi connectivity index (χ1v) is 9.47. The van der Waals surface area contributed by atoms with Gasteiger partial charge in [0.1, 0.15) is 13.2 Å². The van der Waals surface area contributed by atoms with Crippen molar-refractivity contribution in [2.24, 2.45) is 7.05 Å². The van der Waals surface area contributed by atoms with Crippen molar-refractivity contribution in [3.63, 3.8) is 0 Å². The molecule has 1 aromatic heterocycles. The summed E-state index contributed by atoms with van der Waals surface area (Å²) in [5, 5.41) is 1.01. The van der Waals surface area contributed by atoms with Crippen molar-refractivity contribution in [3.05, 3.63) is 59.8 Å². The number of aromatic nitrogens is 1. The molecule has 3 heterocycles. The maximum atomic E-state index is 13.4. The Morgan fingerprint density at radius 2 is 1.89 bits per heavy atom. The highest BCUT2D eigenvalue weighted by Crippen LogP contribution is 2.39. The summed E-state index contributed by atoms with van der Waals surface area (Å²) in [7, 11) is 1.99. The van der Waals surface area contributed by atoms with E-state index >= 15 is 0 Å². The van der Waals surface area contributed by atoms with E-state index in [0.29, 0.717) is 13.2 Å². The first-order valence-electron chi connectivity index (χ1n) is 9.47. The second-order valence-electron chi connectivity index (χ2n) is 7.23. The molecule has 0 unspecified atom stereocenters. The SMILES string of the molecule is Cn1cc(C(=O)N2CCC[C@@H]2c2ccc3c(c2)OCCO3)c2ccccc21. The Bertz CT molecular complexity index is 1020. The van der Waals surface area contributed by atoms with E-state index in [0.717, 1.165) is 52.9 Å². The third kappa shape index (κ3) is 2.65.